The molecule has 4 nitrogen and oxygen atoms in total. The molecule has 3 aromatic rings. The standard InChI is InChI=1S/C23H21F3O4/c1-4-29-20(27)22(3,21(28)30-5-2)19-17-9-7-6-8-14(17)12-15-10-11-16(13-18(15)19)23(24,25)26/h6-13H,4-5H2,1-3H3. The van der Waals surface area contributed by atoms with Crippen LogP contribution in [0, 0.1) is 0 Å². The minimum absolute atomic E-state index is 0.00429. The summed E-state index contributed by atoms with van der Waals surface area (Å²) in [6.07, 6.45) is -4.58. The number of halogens is 3. The van der Waals surface area contributed by atoms with Crippen LogP contribution in [0.25, 0.3) is 21.5 Å². The third kappa shape index (κ3) is 3.60. The largest absolute Gasteiger partial charge is 0.465 e. The number of fused-ring (bicyclic) bond motifs is 2. The van der Waals surface area contributed by atoms with E-state index in [-0.39, 0.29) is 24.2 Å². The van der Waals surface area contributed by atoms with Gasteiger partial charge in [-0.25, -0.2) is 0 Å². The molecule has 30 heavy (non-hydrogen) atoms. The molecular weight excluding hydrogens is 397 g/mol. The molecule has 0 amide bonds. The van der Waals surface area contributed by atoms with E-state index < -0.39 is 29.1 Å². The van der Waals surface area contributed by atoms with E-state index in [9.17, 15) is 22.8 Å². The molecule has 0 unspecified atom stereocenters. The molecule has 0 heterocycles. The second-order valence-corrected chi connectivity index (χ2v) is 6.97. The predicted molar refractivity (Wildman–Crippen MR) is 107 cm³/mol. The fourth-order valence-corrected chi connectivity index (χ4v) is 3.62. The Labute approximate surface area is 171 Å². The Morgan fingerprint density at radius 2 is 1.40 bits per heavy atom. The van der Waals surface area contributed by atoms with Gasteiger partial charge in [0.15, 0.2) is 5.41 Å². The quantitative estimate of drug-likeness (QED) is 0.316. The molecule has 158 valence electrons. The first-order valence-electron chi connectivity index (χ1n) is 9.52. The summed E-state index contributed by atoms with van der Waals surface area (Å²) in [6, 6.07) is 11.9. The average Bonchev–Trinajstić information content (AvgIpc) is 2.70. The summed E-state index contributed by atoms with van der Waals surface area (Å²) in [6.45, 7) is 4.53. The molecule has 0 aliphatic rings. The van der Waals surface area contributed by atoms with Crippen LogP contribution >= 0.6 is 0 Å². The normalized spacial score (nSPS) is 12.2. The van der Waals surface area contributed by atoms with Crippen LogP contribution in [0.4, 0.5) is 13.2 Å². The first-order valence-corrected chi connectivity index (χ1v) is 9.52. The summed E-state index contributed by atoms with van der Waals surface area (Å²) < 4.78 is 50.6. The zero-order valence-electron chi connectivity index (χ0n) is 16.8. The van der Waals surface area contributed by atoms with E-state index >= 15 is 0 Å². The topological polar surface area (TPSA) is 52.6 Å². The molecule has 3 aromatic carbocycles. The highest BCUT2D eigenvalue weighted by Gasteiger charge is 2.48. The van der Waals surface area contributed by atoms with Gasteiger partial charge in [0, 0.05) is 0 Å². The molecule has 0 radical (unpaired) electrons. The molecule has 0 aliphatic heterocycles. The average molecular weight is 418 g/mol. The number of alkyl halides is 3. The van der Waals surface area contributed by atoms with Gasteiger partial charge in [-0.1, -0.05) is 30.3 Å². The van der Waals surface area contributed by atoms with Crippen molar-refractivity contribution in [3.8, 4) is 0 Å². The SMILES string of the molecule is CCOC(=O)C(C)(C(=O)OCC)c1c2ccccc2cc2ccc(C(F)(F)F)cc12. The predicted octanol–water partition coefficient (Wildman–Crippen LogP) is 5.40. The molecule has 7 heteroatoms. The van der Waals surface area contributed by atoms with Gasteiger partial charge in [-0.2, -0.15) is 13.2 Å². The lowest BCUT2D eigenvalue weighted by Crippen LogP contribution is -2.44. The van der Waals surface area contributed by atoms with Crippen molar-refractivity contribution in [3.05, 3.63) is 59.7 Å². The van der Waals surface area contributed by atoms with Crippen LogP contribution in [0.5, 0.6) is 0 Å². The van der Waals surface area contributed by atoms with E-state index in [0.29, 0.717) is 16.2 Å². The minimum Gasteiger partial charge on any atom is -0.465 e. The molecule has 0 saturated carbocycles. The van der Waals surface area contributed by atoms with E-state index in [1.807, 2.05) is 0 Å². The highest BCUT2D eigenvalue weighted by Crippen LogP contribution is 2.41. The smallest absolute Gasteiger partial charge is 0.416 e. The van der Waals surface area contributed by atoms with Gasteiger partial charge in [0.1, 0.15) is 0 Å². The molecule has 3 rings (SSSR count). The maximum Gasteiger partial charge on any atom is 0.416 e. The van der Waals surface area contributed by atoms with E-state index in [4.69, 9.17) is 9.47 Å². The van der Waals surface area contributed by atoms with Crippen LogP contribution in [-0.4, -0.2) is 25.2 Å². The van der Waals surface area contributed by atoms with Crippen LogP contribution in [0.3, 0.4) is 0 Å². The fourth-order valence-electron chi connectivity index (χ4n) is 3.62. The summed E-state index contributed by atoms with van der Waals surface area (Å²) in [5.41, 5.74) is -2.68. The third-order valence-electron chi connectivity index (χ3n) is 5.06. The lowest BCUT2D eigenvalue weighted by atomic mass is 9.76. The first kappa shape index (κ1) is 21.6. The monoisotopic (exact) mass is 418 g/mol. The van der Waals surface area contributed by atoms with E-state index in [1.165, 1.54) is 13.0 Å². The van der Waals surface area contributed by atoms with Crippen molar-refractivity contribution in [3.63, 3.8) is 0 Å². The van der Waals surface area contributed by atoms with Gasteiger partial charge in [-0.15, -0.1) is 0 Å². The van der Waals surface area contributed by atoms with Gasteiger partial charge >= 0.3 is 18.1 Å². The summed E-state index contributed by atoms with van der Waals surface area (Å²) in [5.74, 6) is -1.75. The summed E-state index contributed by atoms with van der Waals surface area (Å²) in [4.78, 5) is 26.0. The van der Waals surface area contributed by atoms with E-state index in [2.05, 4.69) is 0 Å². The highest BCUT2D eigenvalue weighted by molar-refractivity contribution is 6.15. The Hall–Kier alpha value is -3.09. The van der Waals surface area contributed by atoms with Crippen molar-refractivity contribution in [1.82, 2.24) is 0 Å². The molecule has 0 aliphatic carbocycles. The Morgan fingerprint density at radius 1 is 0.833 bits per heavy atom. The Kier molecular flexibility index (Phi) is 5.74. The van der Waals surface area contributed by atoms with Gasteiger partial charge in [0.2, 0.25) is 0 Å². The fraction of sp³-hybridized carbons (Fsp3) is 0.304. The molecule has 0 saturated heterocycles. The Balaban J connectivity index is 2.49. The maximum absolute atomic E-state index is 13.4. The van der Waals surface area contributed by atoms with Crippen LogP contribution < -0.4 is 0 Å². The minimum atomic E-state index is -4.58. The van der Waals surface area contributed by atoms with Crippen molar-refractivity contribution in [2.75, 3.05) is 13.2 Å². The van der Waals surface area contributed by atoms with Crippen molar-refractivity contribution < 1.29 is 32.2 Å². The number of hydrogen-bond acceptors (Lipinski definition) is 4. The number of ether oxygens (including phenoxy) is 2. The second kappa shape index (κ2) is 7.97. The number of benzene rings is 3. The summed E-state index contributed by atoms with van der Waals surface area (Å²) in [7, 11) is 0. The third-order valence-corrected chi connectivity index (χ3v) is 5.06. The molecule has 0 N–H and O–H groups in total. The summed E-state index contributed by atoms with van der Waals surface area (Å²) >= 11 is 0. The number of rotatable bonds is 5. The van der Waals surface area contributed by atoms with Crippen molar-refractivity contribution >= 4 is 33.5 Å². The van der Waals surface area contributed by atoms with Gasteiger partial charge < -0.3 is 9.47 Å². The Morgan fingerprint density at radius 3 is 1.97 bits per heavy atom. The zero-order valence-corrected chi connectivity index (χ0v) is 16.8. The van der Waals surface area contributed by atoms with Crippen LogP contribution in [0.1, 0.15) is 31.9 Å². The van der Waals surface area contributed by atoms with Gasteiger partial charge in [-0.05, 0) is 66.1 Å². The van der Waals surface area contributed by atoms with Gasteiger partial charge in [0.05, 0.1) is 18.8 Å². The lowest BCUT2D eigenvalue weighted by Gasteiger charge is -2.28. The highest BCUT2D eigenvalue weighted by atomic mass is 19.4. The lowest BCUT2D eigenvalue weighted by molar-refractivity contribution is -0.163. The number of carbonyl (C=O) groups excluding carboxylic acids is 2. The molecule has 0 aromatic heterocycles. The molecule has 0 atom stereocenters. The van der Waals surface area contributed by atoms with Gasteiger partial charge in [-0.3, -0.25) is 9.59 Å². The number of carbonyl (C=O) groups is 2. The van der Waals surface area contributed by atoms with Crippen molar-refractivity contribution in [2.45, 2.75) is 32.4 Å². The molecule has 0 bridgehead atoms. The van der Waals surface area contributed by atoms with Crippen LogP contribution in [0.15, 0.2) is 48.5 Å². The summed E-state index contributed by atoms with van der Waals surface area (Å²) in [5, 5.41) is 1.77. The van der Waals surface area contributed by atoms with Gasteiger partial charge in [0.25, 0.3) is 0 Å². The van der Waals surface area contributed by atoms with Crippen LogP contribution in [-0.2, 0) is 30.7 Å². The van der Waals surface area contributed by atoms with Crippen molar-refractivity contribution in [2.24, 2.45) is 0 Å². The second-order valence-electron chi connectivity index (χ2n) is 6.97. The molecule has 0 fully saturated rings. The number of esters is 2. The zero-order chi connectivity index (χ0) is 22.1. The molecular formula is C23H21F3O4. The van der Waals surface area contributed by atoms with Crippen molar-refractivity contribution in [1.29, 1.82) is 0 Å². The maximum atomic E-state index is 13.4. The first-order chi connectivity index (χ1) is 14.1. The Bertz CT molecular complexity index is 1100. The van der Waals surface area contributed by atoms with Crippen LogP contribution in [0.2, 0.25) is 0 Å². The molecule has 0 spiro atoms. The number of hydrogen-bond donors (Lipinski definition) is 0. The van der Waals surface area contributed by atoms with E-state index in [1.54, 1.807) is 44.2 Å². The van der Waals surface area contributed by atoms with E-state index in [0.717, 1.165) is 12.1 Å².